The molecule has 0 radical (unpaired) electrons. The van der Waals surface area contributed by atoms with Gasteiger partial charge in [-0.1, -0.05) is 36.4 Å². The lowest BCUT2D eigenvalue weighted by Crippen LogP contribution is -2.17. The van der Waals surface area contributed by atoms with Crippen molar-refractivity contribution in [2.24, 2.45) is 0 Å². The van der Waals surface area contributed by atoms with Crippen LogP contribution in [0.5, 0.6) is 0 Å². The molecule has 0 aliphatic carbocycles. The van der Waals surface area contributed by atoms with Crippen LogP contribution in [0.2, 0.25) is 0 Å². The molecule has 1 aromatic carbocycles. The van der Waals surface area contributed by atoms with Crippen LogP contribution in [0.15, 0.2) is 48.5 Å². The maximum atomic E-state index is 13.0. The summed E-state index contributed by atoms with van der Waals surface area (Å²) in [4.78, 5) is 3.79. The van der Waals surface area contributed by atoms with Crippen molar-refractivity contribution in [3.8, 4) is 0 Å². The highest BCUT2D eigenvalue weighted by atomic mass is 19.1. The van der Waals surface area contributed by atoms with Crippen molar-refractivity contribution < 1.29 is 9.13 Å². The fraction of sp³-hybridized carbons (Fsp3) is 0.214. The zero-order chi connectivity index (χ0) is 12.8. The third-order valence-electron chi connectivity index (χ3n) is 2.57. The van der Waals surface area contributed by atoms with E-state index in [1.54, 1.807) is 19.2 Å². The molecule has 1 atom stereocenters. The zero-order valence-corrected chi connectivity index (χ0v) is 10.1. The molecular weight excluding hydrogens is 231 g/mol. The molecule has 0 saturated heterocycles. The first-order valence-corrected chi connectivity index (χ1v) is 5.72. The van der Waals surface area contributed by atoms with Gasteiger partial charge in [0.05, 0.1) is 12.6 Å². The van der Waals surface area contributed by atoms with Crippen LogP contribution in [-0.4, -0.2) is 18.7 Å². The molecule has 1 aromatic heterocycles. The summed E-state index contributed by atoms with van der Waals surface area (Å²) < 4.78 is 18.2. The molecule has 2 aromatic rings. The second-order valence-electron chi connectivity index (χ2n) is 3.91. The van der Waals surface area contributed by atoms with Gasteiger partial charge in [-0.05, 0) is 17.7 Å². The number of anilines is 1. The molecule has 0 spiro atoms. The number of pyridine rings is 1. The summed E-state index contributed by atoms with van der Waals surface area (Å²) in [5.74, 6) is 0.00475. The molecule has 1 heterocycles. The Morgan fingerprint density at radius 2 is 1.94 bits per heavy atom. The van der Waals surface area contributed by atoms with Gasteiger partial charge in [-0.15, -0.1) is 0 Å². The van der Waals surface area contributed by atoms with Crippen molar-refractivity contribution in [3.05, 3.63) is 60.0 Å². The fourth-order valence-corrected chi connectivity index (χ4v) is 1.74. The minimum atomic E-state index is -0.496. The van der Waals surface area contributed by atoms with E-state index >= 15 is 0 Å². The predicted molar refractivity (Wildman–Crippen MR) is 68.9 cm³/mol. The minimum Gasteiger partial charge on any atom is -0.382 e. The predicted octanol–water partition coefficient (Wildman–Crippen LogP) is 3.02. The largest absolute Gasteiger partial charge is 0.382 e. The quantitative estimate of drug-likeness (QED) is 0.823. The van der Waals surface area contributed by atoms with Gasteiger partial charge in [-0.25, -0.2) is 4.98 Å². The summed E-state index contributed by atoms with van der Waals surface area (Å²) in [7, 11) is 1.64. The molecule has 94 valence electrons. The summed E-state index contributed by atoms with van der Waals surface area (Å²) in [5, 5.41) is 3.16. The van der Waals surface area contributed by atoms with Crippen LogP contribution in [0, 0.1) is 5.95 Å². The van der Waals surface area contributed by atoms with E-state index in [2.05, 4.69) is 10.3 Å². The molecule has 0 aliphatic rings. The van der Waals surface area contributed by atoms with E-state index in [1.807, 2.05) is 30.3 Å². The van der Waals surface area contributed by atoms with Crippen molar-refractivity contribution in [2.75, 3.05) is 19.0 Å². The third-order valence-corrected chi connectivity index (χ3v) is 2.57. The maximum Gasteiger partial charge on any atom is 0.214 e. The summed E-state index contributed by atoms with van der Waals surface area (Å²) >= 11 is 0. The normalized spacial score (nSPS) is 12.1. The number of aromatic nitrogens is 1. The lowest BCUT2D eigenvalue weighted by Gasteiger charge is -2.18. The molecule has 0 fully saturated rings. The third kappa shape index (κ3) is 3.28. The van der Waals surface area contributed by atoms with Crippen LogP contribution in [-0.2, 0) is 4.74 Å². The fourth-order valence-electron chi connectivity index (χ4n) is 1.74. The van der Waals surface area contributed by atoms with E-state index < -0.39 is 5.95 Å². The molecule has 4 heteroatoms. The van der Waals surface area contributed by atoms with Crippen molar-refractivity contribution in [3.63, 3.8) is 0 Å². The lowest BCUT2D eigenvalue weighted by atomic mass is 10.1. The number of benzene rings is 1. The van der Waals surface area contributed by atoms with Gasteiger partial charge in [0.1, 0.15) is 5.82 Å². The molecular formula is C14H15FN2O. The van der Waals surface area contributed by atoms with Crippen LogP contribution < -0.4 is 5.32 Å². The SMILES string of the molecule is COCC(Nc1cccc(F)n1)c1ccccc1. The zero-order valence-electron chi connectivity index (χ0n) is 10.1. The van der Waals surface area contributed by atoms with Gasteiger partial charge >= 0.3 is 0 Å². The van der Waals surface area contributed by atoms with Crippen molar-refractivity contribution in [2.45, 2.75) is 6.04 Å². The van der Waals surface area contributed by atoms with E-state index in [-0.39, 0.29) is 6.04 Å². The van der Waals surface area contributed by atoms with Crippen molar-refractivity contribution >= 4 is 5.82 Å². The molecule has 1 unspecified atom stereocenters. The number of nitrogens with one attached hydrogen (secondary N) is 1. The van der Waals surface area contributed by atoms with Gasteiger partial charge in [0, 0.05) is 7.11 Å². The molecule has 2 rings (SSSR count). The first-order chi connectivity index (χ1) is 8.79. The lowest BCUT2D eigenvalue weighted by molar-refractivity contribution is 0.186. The Balaban J connectivity index is 2.16. The first kappa shape index (κ1) is 12.5. The van der Waals surface area contributed by atoms with Crippen LogP contribution in [0.4, 0.5) is 10.2 Å². The van der Waals surface area contributed by atoms with Gasteiger partial charge < -0.3 is 10.1 Å². The number of methoxy groups -OCH3 is 1. The second-order valence-corrected chi connectivity index (χ2v) is 3.91. The highest BCUT2D eigenvalue weighted by molar-refractivity contribution is 5.38. The highest BCUT2D eigenvalue weighted by Crippen LogP contribution is 2.18. The van der Waals surface area contributed by atoms with Gasteiger partial charge in [0.2, 0.25) is 5.95 Å². The Hall–Kier alpha value is -1.94. The summed E-state index contributed by atoms with van der Waals surface area (Å²) in [6.45, 7) is 0.488. The Morgan fingerprint density at radius 3 is 2.61 bits per heavy atom. The van der Waals surface area contributed by atoms with Crippen LogP contribution in [0.3, 0.4) is 0 Å². The maximum absolute atomic E-state index is 13.0. The number of nitrogens with zero attached hydrogens (tertiary/aromatic N) is 1. The van der Waals surface area contributed by atoms with E-state index in [0.717, 1.165) is 5.56 Å². The number of rotatable bonds is 5. The monoisotopic (exact) mass is 246 g/mol. The van der Waals surface area contributed by atoms with Gasteiger partial charge in [-0.2, -0.15) is 4.39 Å². The van der Waals surface area contributed by atoms with Gasteiger partial charge in [0.15, 0.2) is 0 Å². The standard InChI is InChI=1S/C14H15FN2O/c1-18-10-12(11-6-3-2-4-7-11)16-14-9-5-8-13(15)17-14/h2-9,12H,10H2,1H3,(H,16,17). The van der Waals surface area contributed by atoms with Crippen LogP contribution in [0.1, 0.15) is 11.6 Å². The van der Waals surface area contributed by atoms with E-state index in [0.29, 0.717) is 12.4 Å². The smallest absolute Gasteiger partial charge is 0.214 e. The number of ether oxygens (including phenoxy) is 1. The van der Waals surface area contributed by atoms with Gasteiger partial charge in [-0.3, -0.25) is 0 Å². The van der Waals surface area contributed by atoms with Gasteiger partial charge in [0.25, 0.3) is 0 Å². The Kier molecular flexibility index (Phi) is 4.25. The Labute approximate surface area is 106 Å². The average molecular weight is 246 g/mol. The number of hydrogen-bond donors (Lipinski definition) is 1. The number of halogens is 1. The topological polar surface area (TPSA) is 34.1 Å². The molecule has 3 nitrogen and oxygen atoms in total. The van der Waals surface area contributed by atoms with E-state index in [1.165, 1.54) is 6.07 Å². The summed E-state index contributed by atoms with van der Waals surface area (Å²) in [5.41, 5.74) is 1.07. The van der Waals surface area contributed by atoms with Crippen LogP contribution >= 0.6 is 0 Å². The number of hydrogen-bond acceptors (Lipinski definition) is 3. The summed E-state index contributed by atoms with van der Waals surface area (Å²) in [6.07, 6.45) is 0. The minimum absolute atomic E-state index is 0.0505. The summed E-state index contributed by atoms with van der Waals surface area (Å²) in [6, 6.07) is 14.5. The van der Waals surface area contributed by atoms with Crippen molar-refractivity contribution in [1.29, 1.82) is 0 Å². The van der Waals surface area contributed by atoms with Crippen LogP contribution in [0.25, 0.3) is 0 Å². The molecule has 0 saturated carbocycles. The molecule has 0 amide bonds. The molecule has 0 bridgehead atoms. The Bertz CT molecular complexity index is 490. The molecule has 18 heavy (non-hydrogen) atoms. The highest BCUT2D eigenvalue weighted by Gasteiger charge is 2.11. The van der Waals surface area contributed by atoms with Crippen molar-refractivity contribution in [1.82, 2.24) is 4.98 Å². The molecule has 0 aliphatic heterocycles. The molecule has 1 N–H and O–H groups in total. The Morgan fingerprint density at radius 1 is 1.17 bits per heavy atom. The average Bonchev–Trinajstić information content (AvgIpc) is 2.39. The van der Waals surface area contributed by atoms with E-state index in [4.69, 9.17) is 4.74 Å². The second kappa shape index (κ2) is 6.12. The van der Waals surface area contributed by atoms with E-state index in [9.17, 15) is 4.39 Å². The first-order valence-electron chi connectivity index (χ1n) is 5.72.